The van der Waals surface area contributed by atoms with Gasteiger partial charge in [0, 0.05) is 28.3 Å². The zero-order valence-electron chi connectivity index (χ0n) is 11.6. The first kappa shape index (κ1) is 15.7. The number of aryl methyl sites for hydroxylation is 1. The van der Waals surface area contributed by atoms with Gasteiger partial charge in [0.05, 0.1) is 11.1 Å². The van der Waals surface area contributed by atoms with Crippen LogP contribution >= 0.6 is 11.6 Å². The number of hydrazone groups is 1. The number of rotatable bonds is 4. The van der Waals surface area contributed by atoms with Crippen molar-refractivity contribution in [2.24, 2.45) is 5.10 Å². The lowest BCUT2D eigenvalue weighted by atomic mass is 10.1. The fourth-order valence-electron chi connectivity index (χ4n) is 1.79. The van der Waals surface area contributed by atoms with E-state index in [-0.39, 0.29) is 11.6 Å². The second-order valence-electron chi connectivity index (χ2n) is 4.48. The first-order valence-electron chi connectivity index (χ1n) is 6.32. The second kappa shape index (κ2) is 6.82. The van der Waals surface area contributed by atoms with E-state index >= 15 is 0 Å². The van der Waals surface area contributed by atoms with E-state index in [9.17, 15) is 14.9 Å². The fourth-order valence-corrected chi connectivity index (χ4v) is 1.96. The molecule has 0 aliphatic rings. The Morgan fingerprint density at radius 3 is 2.73 bits per heavy atom. The molecule has 0 fully saturated rings. The first-order valence-corrected chi connectivity index (χ1v) is 6.70. The highest BCUT2D eigenvalue weighted by Crippen LogP contribution is 2.20. The minimum atomic E-state index is -0.528. The average Bonchev–Trinajstić information content (AvgIpc) is 2.49. The SMILES string of the molecule is Cc1ccccc1C(=O)N/N=C\c1cc([N+](=O)[O-])ccc1Cl. The largest absolute Gasteiger partial charge is 0.271 e. The molecule has 0 radical (unpaired) electrons. The zero-order valence-corrected chi connectivity index (χ0v) is 12.4. The van der Waals surface area contributed by atoms with Crippen LogP contribution in [0, 0.1) is 17.0 Å². The number of halogens is 1. The molecule has 0 spiro atoms. The van der Waals surface area contributed by atoms with Crippen molar-refractivity contribution in [2.75, 3.05) is 0 Å². The van der Waals surface area contributed by atoms with Gasteiger partial charge in [-0.25, -0.2) is 5.43 Å². The Bertz CT molecular complexity index is 759. The second-order valence-corrected chi connectivity index (χ2v) is 4.88. The molecule has 0 bridgehead atoms. The van der Waals surface area contributed by atoms with Crippen molar-refractivity contribution in [1.29, 1.82) is 0 Å². The Morgan fingerprint density at radius 1 is 1.32 bits per heavy atom. The summed E-state index contributed by atoms with van der Waals surface area (Å²) in [6, 6.07) is 11.1. The molecule has 1 N–H and O–H groups in total. The monoisotopic (exact) mass is 317 g/mol. The highest BCUT2D eigenvalue weighted by atomic mass is 35.5. The summed E-state index contributed by atoms with van der Waals surface area (Å²) in [6.45, 7) is 1.82. The summed E-state index contributed by atoms with van der Waals surface area (Å²) in [7, 11) is 0. The number of non-ortho nitro benzene ring substituents is 1. The van der Waals surface area contributed by atoms with Crippen molar-refractivity contribution < 1.29 is 9.72 Å². The molecular formula is C15H12ClN3O3. The van der Waals surface area contributed by atoms with Crippen molar-refractivity contribution >= 4 is 29.4 Å². The number of nitro groups is 1. The number of carbonyl (C=O) groups excluding carboxylic acids is 1. The normalized spacial score (nSPS) is 10.6. The van der Waals surface area contributed by atoms with Crippen LogP contribution in [0.15, 0.2) is 47.6 Å². The molecule has 0 saturated carbocycles. The number of nitrogens with one attached hydrogen (secondary N) is 1. The minimum absolute atomic E-state index is 0.101. The summed E-state index contributed by atoms with van der Waals surface area (Å²) in [5.74, 6) is -0.365. The predicted molar refractivity (Wildman–Crippen MR) is 84.3 cm³/mol. The van der Waals surface area contributed by atoms with Crippen LogP contribution in [0.5, 0.6) is 0 Å². The van der Waals surface area contributed by atoms with Crippen LogP contribution < -0.4 is 5.43 Å². The maximum Gasteiger partial charge on any atom is 0.271 e. The van der Waals surface area contributed by atoms with Gasteiger partial charge in [0.15, 0.2) is 0 Å². The van der Waals surface area contributed by atoms with E-state index < -0.39 is 4.92 Å². The van der Waals surface area contributed by atoms with Gasteiger partial charge in [-0.1, -0.05) is 29.8 Å². The summed E-state index contributed by atoms with van der Waals surface area (Å²) in [4.78, 5) is 22.1. The maximum absolute atomic E-state index is 11.9. The van der Waals surface area contributed by atoms with Gasteiger partial charge in [-0.15, -0.1) is 0 Å². The van der Waals surface area contributed by atoms with Crippen LogP contribution in [0.25, 0.3) is 0 Å². The molecule has 22 heavy (non-hydrogen) atoms. The van der Waals surface area contributed by atoms with Gasteiger partial charge in [0.2, 0.25) is 0 Å². The third-order valence-electron chi connectivity index (χ3n) is 2.95. The molecule has 2 rings (SSSR count). The lowest BCUT2D eigenvalue weighted by Crippen LogP contribution is -2.18. The smallest absolute Gasteiger partial charge is 0.267 e. The van der Waals surface area contributed by atoms with Gasteiger partial charge in [-0.3, -0.25) is 14.9 Å². The number of hydrogen-bond donors (Lipinski definition) is 1. The average molecular weight is 318 g/mol. The Kier molecular flexibility index (Phi) is 4.85. The lowest BCUT2D eigenvalue weighted by molar-refractivity contribution is -0.384. The third-order valence-corrected chi connectivity index (χ3v) is 3.29. The quantitative estimate of drug-likeness (QED) is 0.533. The van der Waals surface area contributed by atoms with Gasteiger partial charge < -0.3 is 0 Å². The molecule has 1 amide bonds. The highest BCUT2D eigenvalue weighted by molar-refractivity contribution is 6.33. The van der Waals surface area contributed by atoms with Crippen molar-refractivity contribution in [3.05, 3.63) is 74.3 Å². The van der Waals surface area contributed by atoms with Gasteiger partial charge in [-0.05, 0) is 24.6 Å². The van der Waals surface area contributed by atoms with E-state index in [0.29, 0.717) is 16.1 Å². The Morgan fingerprint density at radius 2 is 2.05 bits per heavy atom. The topological polar surface area (TPSA) is 84.6 Å². The fraction of sp³-hybridized carbons (Fsp3) is 0.0667. The summed E-state index contributed by atoms with van der Waals surface area (Å²) in [5, 5.41) is 14.8. The van der Waals surface area contributed by atoms with Crippen molar-refractivity contribution in [2.45, 2.75) is 6.92 Å². The van der Waals surface area contributed by atoms with Gasteiger partial charge in [0.25, 0.3) is 11.6 Å². The number of nitrogens with zero attached hydrogens (tertiary/aromatic N) is 2. The molecule has 0 aliphatic carbocycles. The van der Waals surface area contributed by atoms with Crippen LogP contribution in [0.1, 0.15) is 21.5 Å². The molecular weight excluding hydrogens is 306 g/mol. The summed E-state index contributed by atoms with van der Waals surface area (Å²) >= 11 is 5.93. The van der Waals surface area contributed by atoms with E-state index in [2.05, 4.69) is 10.5 Å². The van der Waals surface area contributed by atoms with Gasteiger partial charge >= 0.3 is 0 Å². The van der Waals surface area contributed by atoms with E-state index in [0.717, 1.165) is 5.56 Å². The molecule has 0 unspecified atom stereocenters. The van der Waals surface area contributed by atoms with Crippen molar-refractivity contribution in [3.63, 3.8) is 0 Å². The van der Waals surface area contributed by atoms with E-state index in [1.54, 1.807) is 12.1 Å². The predicted octanol–water partition coefficient (Wildman–Crippen LogP) is 3.32. The molecule has 0 aromatic heterocycles. The standard InChI is InChI=1S/C15H12ClN3O3/c1-10-4-2-3-5-13(10)15(20)18-17-9-11-8-12(19(21)22)6-7-14(11)16/h2-9H,1H3,(H,18,20)/b17-9-. The molecule has 2 aromatic carbocycles. The van der Waals surface area contributed by atoms with Crippen LogP contribution in [0.3, 0.4) is 0 Å². The molecule has 0 aliphatic heterocycles. The van der Waals surface area contributed by atoms with Crippen LogP contribution in [0.4, 0.5) is 5.69 Å². The minimum Gasteiger partial charge on any atom is -0.267 e. The number of carbonyl (C=O) groups is 1. The van der Waals surface area contributed by atoms with E-state index in [1.807, 2.05) is 19.1 Å². The van der Waals surface area contributed by atoms with Crippen molar-refractivity contribution in [3.8, 4) is 0 Å². The summed E-state index contributed by atoms with van der Waals surface area (Å²) in [6.07, 6.45) is 1.27. The molecule has 0 saturated heterocycles. The van der Waals surface area contributed by atoms with E-state index in [4.69, 9.17) is 11.6 Å². The number of nitro benzene ring substituents is 1. The molecule has 7 heteroatoms. The highest BCUT2D eigenvalue weighted by Gasteiger charge is 2.09. The third kappa shape index (κ3) is 3.67. The van der Waals surface area contributed by atoms with Crippen LogP contribution in [0.2, 0.25) is 5.02 Å². The molecule has 2 aromatic rings. The Hall–Kier alpha value is -2.73. The number of benzene rings is 2. The number of amides is 1. The Labute approximate surface area is 131 Å². The zero-order chi connectivity index (χ0) is 16.1. The summed E-state index contributed by atoms with van der Waals surface area (Å²) < 4.78 is 0. The maximum atomic E-state index is 11.9. The van der Waals surface area contributed by atoms with Gasteiger partial charge in [-0.2, -0.15) is 5.10 Å². The van der Waals surface area contributed by atoms with E-state index in [1.165, 1.54) is 24.4 Å². The van der Waals surface area contributed by atoms with Crippen LogP contribution in [-0.2, 0) is 0 Å². The number of hydrogen-bond acceptors (Lipinski definition) is 4. The Balaban J connectivity index is 2.13. The summed E-state index contributed by atoms with van der Waals surface area (Å²) in [5.41, 5.74) is 3.94. The lowest BCUT2D eigenvalue weighted by Gasteiger charge is -2.03. The molecule has 0 atom stereocenters. The van der Waals surface area contributed by atoms with Crippen molar-refractivity contribution in [1.82, 2.24) is 5.43 Å². The first-order chi connectivity index (χ1) is 10.5. The van der Waals surface area contributed by atoms with Gasteiger partial charge in [0.1, 0.15) is 0 Å². The molecule has 112 valence electrons. The molecule has 6 nitrogen and oxygen atoms in total. The molecule has 0 heterocycles. The van der Waals surface area contributed by atoms with Crippen LogP contribution in [-0.4, -0.2) is 17.0 Å².